The number of hydrogen-bond acceptors (Lipinski definition) is 4. The van der Waals surface area contributed by atoms with Gasteiger partial charge in [-0.05, 0) is 18.8 Å². The number of amides is 2. The molecule has 6 heteroatoms. The van der Waals surface area contributed by atoms with Crippen molar-refractivity contribution in [3.63, 3.8) is 0 Å². The first-order valence-electron chi connectivity index (χ1n) is 7.79. The van der Waals surface area contributed by atoms with Gasteiger partial charge in [-0.15, -0.1) is 0 Å². The minimum Gasteiger partial charge on any atom is -0.381 e. The van der Waals surface area contributed by atoms with Gasteiger partial charge in [0, 0.05) is 39.8 Å². The predicted octanol–water partition coefficient (Wildman–Crippen LogP) is 0.128. The third-order valence-electron chi connectivity index (χ3n) is 4.12. The summed E-state index contributed by atoms with van der Waals surface area (Å²) in [6.45, 7) is 9.49. The van der Waals surface area contributed by atoms with Gasteiger partial charge in [0.25, 0.3) is 0 Å². The molecule has 0 aromatic rings. The smallest absolute Gasteiger partial charge is 0.244 e. The minimum absolute atomic E-state index is 0.0710. The Bertz CT molecular complexity index is 392. The van der Waals surface area contributed by atoms with E-state index in [4.69, 9.17) is 4.74 Å². The fraction of sp³-hybridized carbons (Fsp3) is 0.867. The Balaban J connectivity index is 2.16. The summed E-state index contributed by atoms with van der Waals surface area (Å²) in [5.41, 5.74) is -0.211. The van der Waals surface area contributed by atoms with E-state index in [1.165, 1.54) is 6.92 Å². The number of nitrogens with zero attached hydrogens (tertiary/aromatic N) is 1. The minimum atomic E-state index is -0.469. The van der Waals surface area contributed by atoms with Crippen molar-refractivity contribution < 1.29 is 14.3 Å². The van der Waals surface area contributed by atoms with Gasteiger partial charge in [0.1, 0.15) is 6.04 Å². The second-order valence-corrected chi connectivity index (χ2v) is 6.72. The van der Waals surface area contributed by atoms with Gasteiger partial charge in [0.15, 0.2) is 0 Å². The zero-order valence-electron chi connectivity index (χ0n) is 13.3. The molecule has 1 spiro atoms. The van der Waals surface area contributed by atoms with E-state index in [2.05, 4.69) is 29.4 Å². The average molecular weight is 297 g/mol. The molecule has 0 aliphatic carbocycles. The van der Waals surface area contributed by atoms with Gasteiger partial charge in [0.05, 0.1) is 5.54 Å². The van der Waals surface area contributed by atoms with Crippen LogP contribution in [0.4, 0.5) is 0 Å². The summed E-state index contributed by atoms with van der Waals surface area (Å²) in [6, 6.07) is -0.469. The maximum atomic E-state index is 12.5. The lowest BCUT2D eigenvalue weighted by molar-refractivity contribution is -0.129. The van der Waals surface area contributed by atoms with Crippen LogP contribution < -0.4 is 10.6 Å². The molecule has 2 amide bonds. The van der Waals surface area contributed by atoms with E-state index in [0.29, 0.717) is 25.7 Å². The standard InChI is InChI=1S/C15H27N3O3/c1-11(2)8-18-9-13(16-12(3)19)14(20)17-15(10-18)4-6-21-7-5-15/h11,13H,4-10H2,1-3H3,(H,16,19)(H,17,20). The molecule has 2 aliphatic rings. The number of hydrogen-bond donors (Lipinski definition) is 2. The van der Waals surface area contributed by atoms with Crippen LogP contribution >= 0.6 is 0 Å². The molecule has 2 saturated heterocycles. The fourth-order valence-electron chi connectivity index (χ4n) is 3.28. The molecule has 2 rings (SSSR count). The van der Waals surface area contributed by atoms with E-state index in [0.717, 1.165) is 25.9 Å². The topological polar surface area (TPSA) is 70.7 Å². The molecule has 0 aromatic heterocycles. The van der Waals surface area contributed by atoms with Gasteiger partial charge in [0.2, 0.25) is 11.8 Å². The zero-order chi connectivity index (χ0) is 15.5. The molecule has 21 heavy (non-hydrogen) atoms. The molecule has 2 aliphatic heterocycles. The molecular weight excluding hydrogens is 270 g/mol. The van der Waals surface area contributed by atoms with Crippen LogP contribution in [0.15, 0.2) is 0 Å². The molecular formula is C15H27N3O3. The van der Waals surface area contributed by atoms with Crippen LogP contribution in [-0.2, 0) is 14.3 Å². The Hall–Kier alpha value is -1.14. The van der Waals surface area contributed by atoms with Gasteiger partial charge in [-0.1, -0.05) is 13.8 Å². The van der Waals surface area contributed by atoms with Gasteiger partial charge < -0.3 is 15.4 Å². The Labute approximate surface area is 126 Å². The molecule has 0 saturated carbocycles. The number of ether oxygens (including phenoxy) is 1. The molecule has 0 bridgehead atoms. The van der Waals surface area contributed by atoms with E-state index in [-0.39, 0.29) is 17.4 Å². The normalized spacial score (nSPS) is 26.5. The lowest BCUT2D eigenvalue weighted by atomic mass is 9.89. The Morgan fingerprint density at radius 2 is 2.14 bits per heavy atom. The molecule has 1 atom stereocenters. The van der Waals surface area contributed by atoms with E-state index in [1.54, 1.807) is 0 Å². The quantitative estimate of drug-likeness (QED) is 0.777. The number of rotatable bonds is 3. The first-order valence-corrected chi connectivity index (χ1v) is 7.79. The van der Waals surface area contributed by atoms with Crippen molar-refractivity contribution >= 4 is 11.8 Å². The SMILES string of the molecule is CC(=O)NC1CN(CC(C)C)CC2(CCOCC2)NC1=O. The molecule has 6 nitrogen and oxygen atoms in total. The fourth-order valence-corrected chi connectivity index (χ4v) is 3.28. The Morgan fingerprint density at radius 1 is 1.48 bits per heavy atom. The highest BCUT2D eigenvalue weighted by Gasteiger charge is 2.41. The molecule has 2 N–H and O–H groups in total. The van der Waals surface area contributed by atoms with Crippen molar-refractivity contribution in [2.75, 3.05) is 32.8 Å². The van der Waals surface area contributed by atoms with Crippen LogP contribution in [-0.4, -0.2) is 61.1 Å². The van der Waals surface area contributed by atoms with E-state index < -0.39 is 6.04 Å². The summed E-state index contributed by atoms with van der Waals surface area (Å²) in [5.74, 6) is 0.286. The maximum Gasteiger partial charge on any atom is 0.244 e. The predicted molar refractivity (Wildman–Crippen MR) is 79.8 cm³/mol. The molecule has 1 unspecified atom stereocenters. The molecule has 120 valence electrons. The second kappa shape index (κ2) is 6.75. The third-order valence-corrected chi connectivity index (χ3v) is 4.12. The van der Waals surface area contributed by atoms with Crippen LogP contribution in [0.3, 0.4) is 0 Å². The average Bonchev–Trinajstić information content (AvgIpc) is 2.47. The molecule has 2 fully saturated rings. The van der Waals surface area contributed by atoms with E-state index >= 15 is 0 Å². The number of carbonyl (C=O) groups excluding carboxylic acids is 2. The van der Waals surface area contributed by atoms with Crippen molar-refractivity contribution in [1.82, 2.24) is 15.5 Å². The van der Waals surface area contributed by atoms with E-state index in [9.17, 15) is 9.59 Å². The van der Waals surface area contributed by atoms with Gasteiger partial charge in [-0.2, -0.15) is 0 Å². The third kappa shape index (κ3) is 4.41. The monoisotopic (exact) mass is 297 g/mol. The highest BCUT2D eigenvalue weighted by atomic mass is 16.5. The lowest BCUT2D eigenvalue weighted by Gasteiger charge is -2.39. The molecule has 0 aromatic carbocycles. The van der Waals surface area contributed by atoms with Crippen molar-refractivity contribution in [2.24, 2.45) is 5.92 Å². The summed E-state index contributed by atoms with van der Waals surface area (Å²) >= 11 is 0. The summed E-state index contributed by atoms with van der Waals surface area (Å²) in [6.07, 6.45) is 1.67. The summed E-state index contributed by atoms with van der Waals surface area (Å²) in [7, 11) is 0. The van der Waals surface area contributed by atoms with Crippen LogP contribution in [0.5, 0.6) is 0 Å². The van der Waals surface area contributed by atoms with Crippen LogP contribution in [0.25, 0.3) is 0 Å². The van der Waals surface area contributed by atoms with Crippen molar-refractivity contribution in [3.8, 4) is 0 Å². The van der Waals surface area contributed by atoms with Gasteiger partial charge in [-0.3, -0.25) is 14.5 Å². The highest BCUT2D eigenvalue weighted by molar-refractivity contribution is 5.87. The van der Waals surface area contributed by atoms with Crippen molar-refractivity contribution in [3.05, 3.63) is 0 Å². The highest BCUT2D eigenvalue weighted by Crippen LogP contribution is 2.25. The Morgan fingerprint density at radius 3 is 2.71 bits per heavy atom. The Kier molecular flexibility index (Phi) is 5.22. The largest absolute Gasteiger partial charge is 0.381 e. The van der Waals surface area contributed by atoms with Crippen LogP contribution in [0.2, 0.25) is 0 Å². The zero-order valence-corrected chi connectivity index (χ0v) is 13.3. The van der Waals surface area contributed by atoms with Crippen LogP contribution in [0, 0.1) is 5.92 Å². The first kappa shape index (κ1) is 16.2. The van der Waals surface area contributed by atoms with E-state index in [1.807, 2.05) is 0 Å². The maximum absolute atomic E-state index is 12.5. The van der Waals surface area contributed by atoms with Crippen LogP contribution in [0.1, 0.15) is 33.6 Å². The van der Waals surface area contributed by atoms with Gasteiger partial charge in [-0.25, -0.2) is 0 Å². The summed E-state index contributed by atoms with van der Waals surface area (Å²) < 4.78 is 5.44. The molecule has 0 radical (unpaired) electrons. The van der Waals surface area contributed by atoms with Crippen molar-refractivity contribution in [2.45, 2.75) is 45.2 Å². The number of nitrogens with one attached hydrogen (secondary N) is 2. The van der Waals surface area contributed by atoms with Crippen molar-refractivity contribution in [1.29, 1.82) is 0 Å². The second-order valence-electron chi connectivity index (χ2n) is 6.72. The molecule has 2 heterocycles. The first-order chi connectivity index (χ1) is 9.90. The van der Waals surface area contributed by atoms with Gasteiger partial charge >= 0.3 is 0 Å². The number of carbonyl (C=O) groups is 2. The lowest BCUT2D eigenvalue weighted by Crippen LogP contribution is -2.57. The summed E-state index contributed by atoms with van der Waals surface area (Å²) in [5, 5.41) is 5.95. The summed E-state index contributed by atoms with van der Waals surface area (Å²) in [4.78, 5) is 26.1.